The van der Waals surface area contributed by atoms with Crippen LogP contribution in [0.15, 0.2) is 42.5 Å². The maximum absolute atomic E-state index is 12.6. The number of nitrogens with zero attached hydrogens (tertiary/aromatic N) is 1. The molecule has 1 aromatic heterocycles. The van der Waals surface area contributed by atoms with Gasteiger partial charge < -0.3 is 14.6 Å². The van der Waals surface area contributed by atoms with Gasteiger partial charge in [-0.15, -0.1) is 0 Å². The van der Waals surface area contributed by atoms with E-state index in [0.717, 1.165) is 53.2 Å². The average molecular weight is 397 g/mol. The number of ether oxygens (including phenoxy) is 1. The van der Waals surface area contributed by atoms with Crippen molar-refractivity contribution in [2.24, 2.45) is 0 Å². The third-order valence-corrected chi connectivity index (χ3v) is 6.03. The van der Waals surface area contributed by atoms with E-state index >= 15 is 0 Å². The number of piperidine rings is 1. The molecule has 0 atom stereocenters. The molecule has 1 fully saturated rings. The summed E-state index contributed by atoms with van der Waals surface area (Å²) < 4.78 is 5.79. The van der Waals surface area contributed by atoms with Crippen LogP contribution in [0.3, 0.4) is 0 Å². The van der Waals surface area contributed by atoms with Crippen LogP contribution in [0, 0.1) is 13.8 Å². The van der Waals surface area contributed by atoms with Crippen molar-refractivity contribution in [3.63, 3.8) is 0 Å². The summed E-state index contributed by atoms with van der Waals surface area (Å²) in [4.78, 5) is 18.0. The fourth-order valence-corrected chi connectivity index (χ4v) is 4.08. The molecule has 1 amide bonds. The minimum absolute atomic E-state index is 0.0581. The normalized spacial score (nSPS) is 15.2. The van der Waals surface area contributed by atoms with Gasteiger partial charge in [0.2, 0.25) is 0 Å². The highest BCUT2D eigenvalue weighted by molar-refractivity contribution is 6.31. The van der Waals surface area contributed by atoms with Crippen LogP contribution in [-0.4, -0.2) is 35.5 Å². The predicted octanol–water partition coefficient (Wildman–Crippen LogP) is 5.22. The highest BCUT2D eigenvalue weighted by atomic mass is 35.5. The lowest BCUT2D eigenvalue weighted by Gasteiger charge is -2.31. The highest BCUT2D eigenvalue weighted by Gasteiger charge is 2.25. The third-order valence-electron chi connectivity index (χ3n) is 5.80. The summed E-state index contributed by atoms with van der Waals surface area (Å²) >= 11 is 6.09. The van der Waals surface area contributed by atoms with Gasteiger partial charge in [-0.2, -0.15) is 0 Å². The van der Waals surface area contributed by atoms with Gasteiger partial charge in [-0.1, -0.05) is 23.7 Å². The van der Waals surface area contributed by atoms with Gasteiger partial charge in [-0.05, 0) is 68.1 Å². The Labute approximate surface area is 170 Å². The van der Waals surface area contributed by atoms with Crippen LogP contribution in [0.5, 0.6) is 5.75 Å². The molecule has 2 heterocycles. The zero-order valence-corrected chi connectivity index (χ0v) is 17.1. The van der Waals surface area contributed by atoms with E-state index in [0.29, 0.717) is 5.92 Å². The molecule has 5 heteroatoms. The molecule has 28 heavy (non-hydrogen) atoms. The second-order valence-electron chi connectivity index (χ2n) is 7.60. The summed E-state index contributed by atoms with van der Waals surface area (Å²) in [6, 6.07) is 14.0. The zero-order valence-electron chi connectivity index (χ0n) is 16.3. The molecule has 1 aliphatic heterocycles. The molecule has 0 unspecified atom stereocenters. The van der Waals surface area contributed by atoms with E-state index in [1.165, 1.54) is 11.3 Å². The maximum Gasteiger partial charge on any atom is 0.260 e. The lowest BCUT2D eigenvalue weighted by Crippen LogP contribution is -2.40. The van der Waals surface area contributed by atoms with Crippen molar-refractivity contribution in [2.75, 3.05) is 19.7 Å². The van der Waals surface area contributed by atoms with Crippen molar-refractivity contribution < 1.29 is 9.53 Å². The number of likely N-dealkylation sites (tertiary alicyclic amines) is 1. The molecule has 0 saturated carbocycles. The summed E-state index contributed by atoms with van der Waals surface area (Å²) in [7, 11) is 0. The number of hydrogen-bond donors (Lipinski definition) is 1. The average Bonchev–Trinajstić information content (AvgIpc) is 3.12. The second kappa shape index (κ2) is 7.88. The van der Waals surface area contributed by atoms with Gasteiger partial charge in [0.1, 0.15) is 5.75 Å². The SMILES string of the molecule is Cc1cccc(OCC(=O)N2CCC(c3cc4cc(Cl)ccc4[nH]3)CC2)c1C. The largest absolute Gasteiger partial charge is 0.483 e. The standard InChI is InChI=1S/C23H25ClN2O2/c1-15-4-3-5-22(16(15)2)28-14-23(27)26-10-8-17(9-11-26)21-13-18-12-19(24)6-7-20(18)25-21/h3-7,12-13,17,25H,8-11,14H2,1-2H3. The van der Waals surface area contributed by atoms with Crippen molar-refractivity contribution in [1.82, 2.24) is 9.88 Å². The number of aromatic amines is 1. The van der Waals surface area contributed by atoms with Crippen LogP contribution >= 0.6 is 11.6 Å². The van der Waals surface area contributed by atoms with Crippen LogP contribution in [0.2, 0.25) is 5.02 Å². The van der Waals surface area contributed by atoms with E-state index in [4.69, 9.17) is 16.3 Å². The van der Waals surface area contributed by atoms with E-state index in [2.05, 4.69) is 11.1 Å². The number of carbonyl (C=O) groups excluding carboxylic acids is 1. The van der Waals surface area contributed by atoms with Gasteiger partial charge >= 0.3 is 0 Å². The molecular weight excluding hydrogens is 372 g/mol. The summed E-state index contributed by atoms with van der Waals surface area (Å²) in [5.41, 5.74) is 4.61. The first-order valence-electron chi connectivity index (χ1n) is 9.76. The Morgan fingerprint density at radius 3 is 2.75 bits per heavy atom. The molecule has 4 nitrogen and oxygen atoms in total. The molecule has 3 aromatic rings. The summed E-state index contributed by atoms with van der Waals surface area (Å²) in [6.07, 6.45) is 1.91. The van der Waals surface area contributed by atoms with Crippen LogP contribution < -0.4 is 4.74 Å². The Hall–Kier alpha value is -2.46. The number of aryl methyl sites for hydroxylation is 1. The molecule has 1 aliphatic rings. The van der Waals surface area contributed by atoms with Gasteiger partial charge in [-0.3, -0.25) is 4.79 Å². The van der Waals surface area contributed by atoms with E-state index < -0.39 is 0 Å². The topological polar surface area (TPSA) is 45.3 Å². The first-order valence-corrected chi connectivity index (χ1v) is 10.1. The smallest absolute Gasteiger partial charge is 0.260 e. The lowest BCUT2D eigenvalue weighted by atomic mass is 9.93. The fourth-order valence-electron chi connectivity index (χ4n) is 3.90. The fraction of sp³-hybridized carbons (Fsp3) is 0.348. The molecule has 0 aliphatic carbocycles. The van der Waals surface area contributed by atoms with Crippen molar-refractivity contribution in [2.45, 2.75) is 32.6 Å². The Kier molecular flexibility index (Phi) is 5.31. The molecule has 1 saturated heterocycles. The number of hydrogen-bond acceptors (Lipinski definition) is 2. The minimum Gasteiger partial charge on any atom is -0.483 e. The first-order chi connectivity index (χ1) is 13.5. The lowest BCUT2D eigenvalue weighted by molar-refractivity contribution is -0.134. The maximum atomic E-state index is 12.6. The number of amides is 1. The zero-order chi connectivity index (χ0) is 19.7. The van der Waals surface area contributed by atoms with Crippen molar-refractivity contribution >= 4 is 28.4 Å². The molecule has 1 N–H and O–H groups in total. The Morgan fingerprint density at radius 1 is 1.18 bits per heavy atom. The van der Waals surface area contributed by atoms with Gasteiger partial charge in [-0.25, -0.2) is 0 Å². The summed E-state index contributed by atoms with van der Waals surface area (Å²) in [5.74, 6) is 1.29. The first kappa shape index (κ1) is 18.9. The number of H-pyrrole nitrogens is 1. The Morgan fingerprint density at radius 2 is 1.96 bits per heavy atom. The molecular formula is C23H25ClN2O2. The number of carbonyl (C=O) groups is 1. The summed E-state index contributed by atoms with van der Waals surface area (Å²) in [6.45, 7) is 5.69. The molecule has 0 spiro atoms. The van der Waals surface area contributed by atoms with Crippen LogP contribution in [-0.2, 0) is 4.79 Å². The molecule has 0 bridgehead atoms. The van der Waals surface area contributed by atoms with Crippen molar-refractivity contribution in [3.8, 4) is 5.75 Å². The number of aromatic nitrogens is 1. The Bertz CT molecular complexity index is 1000. The molecule has 0 radical (unpaired) electrons. The van der Waals surface area contributed by atoms with E-state index in [1.54, 1.807) is 0 Å². The minimum atomic E-state index is 0.0581. The van der Waals surface area contributed by atoms with Crippen molar-refractivity contribution in [1.29, 1.82) is 0 Å². The van der Waals surface area contributed by atoms with E-state index in [9.17, 15) is 4.79 Å². The number of halogens is 1. The van der Waals surface area contributed by atoms with Crippen LogP contribution in [0.25, 0.3) is 10.9 Å². The highest BCUT2D eigenvalue weighted by Crippen LogP contribution is 2.31. The molecule has 146 valence electrons. The van der Waals surface area contributed by atoms with Crippen LogP contribution in [0.1, 0.15) is 35.6 Å². The predicted molar refractivity (Wildman–Crippen MR) is 113 cm³/mol. The van der Waals surface area contributed by atoms with Gasteiger partial charge in [0.25, 0.3) is 5.91 Å². The number of rotatable bonds is 4. The summed E-state index contributed by atoms with van der Waals surface area (Å²) in [5, 5.41) is 1.89. The number of benzene rings is 2. The number of nitrogens with one attached hydrogen (secondary N) is 1. The monoisotopic (exact) mass is 396 g/mol. The van der Waals surface area contributed by atoms with Gasteiger partial charge in [0.15, 0.2) is 6.61 Å². The van der Waals surface area contributed by atoms with Gasteiger partial charge in [0, 0.05) is 40.6 Å². The molecule has 4 rings (SSSR count). The third kappa shape index (κ3) is 3.88. The second-order valence-corrected chi connectivity index (χ2v) is 8.03. The van der Waals surface area contributed by atoms with Crippen LogP contribution in [0.4, 0.5) is 0 Å². The number of fused-ring (bicyclic) bond motifs is 1. The van der Waals surface area contributed by atoms with Crippen molar-refractivity contribution in [3.05, 3.63) is 64.3 Å². The van der Waals surface area contributed by atoms with E-state index in [-0.39, 0.29) is 12.5 Å². The van der Waals surface area contributed by atoms with E-state index in [1.807, 2.05) is 55.1 Å². The molecule has 2 aromatic carbocycles. The van der Waals surface area contributed by atoms with Gasteiger partial charge in [0.05, 0.1) is 0 Å². The Balaban J connectivity index is 1.34. The quantitative estimate of drug-likeness (QED) is 0.656.